The van der Waals surface area contributed by atoms with Gasteiger partial charge in [-0.3, -0.25) is 0 Å². The van der Waals surface area contributed by atoms with Crippen LogP contribution < -0.4 is 5.32 Å². The molecule has 2 N–H and O–H groups in total. The summed E-state index contributed by atoms with van der Waals surface area (Å²) in [6.45, 7) is 9.10. The maximum Gasteiger partial charge on any atom is 0.0914 e. The number of aliphatic hydroxyl groups excluding tert-OH is 1. The molecule has 1 unspecified atom stereocenters. The molecule has 0 fully saturated rings. The lowest BCUT2D eigenvalue weighted by molar-refractivity contribution is 0.171. The Labute approximate surface area is 115 Å². The van der Waals surface area contributed by atoms with E-state index in [0.717, 1.165) is 11.3 Å². The van der Waals surface area contributed by atoms with Gasteiger partial charge in [0.15, 0.2) is 0 Å². The molecular weight excluding hydrogens is 242 g/mol. The van der Waals surface area contributed by atoms with Crippen molar-refractivity contribution in [1.82, 2.24) is 5.32 Å². The van der Waals surface area contributed by atoms with E-state index < -0.39 is 6.10 Å². The Bertz CT molecular complexity index is 366. The third kappa shape index (κ3) is 5.01. The van der Waals surface area contributed by atoms with Crippen molar-refractivity contribution in [3.63, 3.8) is 0 Å². The van der Waals surface area contributed by atoms with E-state index in [4.69, 9.17) is 0 Å². The van der Waals surface area contributed by atoms with Gasteiger partial charge in [0, 0.05) is 17.5 Å². The minimum atomic E-state index is -0.422. The number of hydrogen-bond acceptors (Lipinski definition) is 3. The highest BCUT2D eigenvalue weighted by atomic mass is 32.2. The smallest absolute Gasteiger partial charge is 0.0914 e. The molecule has 102 valence electrons. The predicted octanol–water partition coefficient (Wildman–Crippen LogP) is 3.53. The van der Waals surface area contributed by atoms with E-state index in [1.807, 2.05) is 17.8 Å². The van der Waals surface area contributed by atoms with Crippen LogP contribution in [0.25, 0.3) is 0 Å². The van der Waals surface area contributed by atoms with Crippen LogP contribution in [-0.4, -0.2) is 23.4 Å². The minimum Gasteiger partial charge on any atom is -0.387 e. The Kier molecular flexibility index (Phi) is 6.76. The standard InChI is InChI=1S/C15H25NOS/c1-5-8-18-15-9-13(7-6-12(15)4)14(17)10-16-11(2)3/h6-7,9,11,14,16-17H,5,8,10H2,1-4H3. The van der Waals surface area contributed by atoms with E-state index in [9.17, 15) is 5.11 Å². The molecular formula is C15H25NOS. The van der Waals surface area contributed by atoms with Crippen molar-refractivity contribution in [3.05, 3.63) is 29.3 Å². The van der Waals surface area contributed by atoms with Crippen molar-refractivity contribution in [2.45, 2.75) is 51.2 Å². The molecule has 0 amide bonds. The van der Waals surface area contributed by atoms with Gasteiger partial charge in [0.2, 0.25) is 0 Å². The number of rotatable bonds is 7. The fraction of sp³-hybridized carbons (Fsp3) is 0.600. The molecule has 1 aromatic carbocycles. The molecule has 1 atom stereocenters. The fourth-order valence-corrected chi connectivity index (χ4v) is 2.60. The lowest BCUT2D eigenvalue weighted by atomic mass is 10.1. The Hall–Kier alpha value is -0.510. The first kappa shape index (κ1) is 15.5. The zero-order valence-electron chi connectivity index (χ0n) is 11.9. The lowest BCUT2D eigenvalue weighted by Gasteiger charge is -2.16. The maximum absolute atomic E-state index is 10.1. The number of hydrogen-bond donors (Lipinski definition) is 2. The summed E-state index contributed by atoms with van der Waals surface area (Å²) in [6, 6.07) is 6.66. The van der Waals surface area contributed by atoms with Crippen LogP contribution in [0.3, 0.4) is 0 Å². The molecule has 3 heteroatoms. The molecule has 0 heterocycles. The van der Waals surface area contributed by atoms with Crippen LogP contribution in [0.4, 0.5) is 0 Å². The summed E-state index contributed by atoms with van der Waals surface area (Å²) in [5.41, 5.74) is 2.30. The fourth-order valence-electron chi connectivity index (χ4n) is 1.66. The number of nitrogens with one attached hydrogen (secondary N) is 1. The maximum atomic E-state index is 10.1. The Morgan fingerprint density at radius 3 is 2.67 bits per heavy atom. The van der Waals surface area contributed by atoms with E-state index in [1.54, 1.807) is 0 Å². The third-order valence-corrected chi connectivity index (χ3v) is 4.14. The van der Waals surface area contributed by atoms with Crippen LogP contribution >= 0.6 is 11.8 Å². The number of thioether (sulfide) groups is 1. The first-order valence-electron chi connectivity index (χ1n) is 6.69. The molecule has 0 bridgehead atoms. The summed E-state index contributed by atoms with van der Waals surface area (Å²) in [4.78, 5) is 1.29. The summed E-state index contributed by atoms with van der Waals surface area (Å²) in [6.07, 6.45) is 0.750. The van der Waals surface area contributed by atoms with Gasteiger partial charge in [-0.2, -0.15) is 0 Å². The average Bonchev–Trinajstić information content (AvgIpc) is 2.35. The summed E-state index contributed by atoms with van der Waals surface area (Å²) < 4.78 is 0. The first-order chi connectivity index (χ1) is 8.54. The Morgan fingerprint density at radius 1 is 1.33 bits per heavy atom. The molecule has 0 aromatic heterocycles. The van der Waals surface area contributed by atoms with Crippen LogP contribution in [0.15, 0.2) is 23.1 Å². The van der Waals surface area contributed by atoms with Crippen molar-refractivity contribution >= 4 is 11.8 Å². The molecule has 1 rings (SSSR count). The molecule has 0 aliphatic carbocycles. The molecule has 18 heavy (non-hydrogen) atoms. The van der Waals surface area contributed by atoms with Gasteiger partial charge in [0.1, 0.15) is 0 Å². The van der Waals surface area contributed by atoms with E-state index >= 15 is 0 Å². The molecule has 0 aliphatic heterocycles. The molecule has 0 saturated carbocycles. The molecule has 0 aliphatic rings. The largest absolute Gasteiger partial charge is 0.387 e. The number of benzene rings is 1. The quantitative estimate of drug-likeness (QED) is 0.741. The van der Waals surface area contributed by atoms with Crippen molar-refractivity contribution in [1.29, 1.82) is 0 Å². The second-order valence-corrected chi connectivity index (χ2v) is 6.09. The first-order valence-corrected chi connectivity index (χ1v) is 7.68. The lowest BCUT2D eigenvalue weighted by Crippen LogP contribution is -2.27. The van der Waals surface area contributed by atoms with Gasteiger partial charge in [-0.1, -0.05) is 32.9 Å². The SMILES string of the molecule is CCCSc1cc(C(O)CNC(C)C)ccc1C. The summed E-state index contributed by atoms with van der Waals surface area (Å²) in [7, 11) is 0. The average molecular weight is 267 g/mol. The van der Waals surface area contributed by atoms with Gasteiger partial charge >= 0.3 is 0 Å². The number of aliphatic hydroxyl groups is 1. The third-order valence-electron chi connectivity index (χ3n) is 2.78. The van der Waals surface area contributed by atoms with Gasteiger partial charge in [0.05, 0.1) is 6.10 Å². The summed E-state index contributed by atoms with van der Waals surface area (Å²) in [5.74, 6) is 1.13. The van der Waals surface area contributed by atoms with E-state index in [0.29, 0.717) is 12.6 Å². The molecule has 0 spiro atoms. The van der Waals surface area contributed by atoms with E-state index in [2.05, 4.69) is 45.1 Å². The van der Waals surface area contributed by atoms with E-state index in [1.165, 1.54) is 16.9 Å². The van der Waals surface area contributed by atoms with E-state index in [-0.39, 0.29) is 0 Å². The monoisotopic (exact) mass is 267 g/mol. The van der Waals surface area contributed by atoms with Crippen LogP contribution in [-0.2, 0) is 0 Å². The minimum absolute atomic E-state index is 0.402. The zero-order valence-corrected chi connectivity index (χ0v) is 12.7. The Morgan fingerprint density at radius 2 is 2.06 bits per heavy atom. The molecule has 0 radical (unpaired) electrons. The normalized spacial score (nSPS) is 13.0. The van der Waals surface area contributed by atoms with Crippen molar-refractivity contribution in [2.75, 3.05) is 12.3 Å². The van der Waals surface area contributed by atoms with Gasteiger partial charge in [-0.15, -0.1) is 11.8 Å². The van der Waals surface area contributed by atoms with Crippen molar-refractivity contribution in [2.24, 2.45) is 0 Å². The van der Waals surface area contributed by atoms with Crippen LogP contribution in [0.2, 0.25) is 0 Å². The van der Waals surface area contributed by atoms with Crippen LogP contribution in [0.1, 0.15) is 44.4 Å². The molecule has 0 saturated heterocycles. The second kappa shape index (κ2) is 7.82. The zero-order chi connectivity index (χ0) is 13.5. The summed E-state index contributed by atoms with van der Waals surface area (Å²) >= 11 is 1.87. The second-order valence-electron chi connectivity index (χ2n) is 4.95. The highest BCUT2D eigenvalue weighted by Crippen LogP contribution is 2.26. The van der Waals surface area contributed by atoms with Crippen LogP contribution in [0, 0.1) is 6.92 Å². The predicted molar refractivity (Wildman–Crippen MR) is 80.3 cm³/mol. The highest BCUT2D eigenvalue weighted by Gasteiger charge is 2.10. The Balaban J connectivity index is 2.70. The van der Waals surface area contributed by atoms with Crippen LogP contribution in [0.5, 0.6) is 0 Å². The summed E-state index contributed by atoms with van der Waals surface area (Å²) in [5, 5.41) is 13.4. The van der Waals surface area contributed by atoms with Crippen molar-refractivity contribution < 1.29 is 5.11 Å². The molecule has 1 aromatic rings. The molecule has 2 nitrogen and oxygen atoms in total. The van der Waals surface area contributed by atoms with Gasteiger partial charge in [-0.05, 0) is 36.3 Å². The highest BCUT2D eigenvalue weighted by molar-refractivity contribution is 7.99. The van der Waals surface area contributed by atoms with Gasteiger partial charge < -0.3 is 10.4 Å². The van der Waals surface area contributed by atoms with Gasteiger partial charge in [0.25, 0.3) is 0 Å². The van der Waals surface area contributed by atoms with Gasteiger partial charge in [-0.25, -0.2) is 0 Å². The topological polar surface area (TPSA) is 32.3 Å². The number of aryl methyl sites for hydroxylation is 1. The van der Waals surface area contributed by atoms with Crippen molar-refractivity contribution in [3.8, 4) is 0 Å².